The van der Waals surface area contributed by atoms with Crippen molar-refractivity contribution >= 4 is 23.3 Å². The molecule has 33 heavy (non-hydrogen) atoms. The van der Waals surface area contributed by atoms with E-state index < -0.39 is 5.41 Å². The second kappa shape index (κ2) is 8.02. The molecule has 5 saturated carbocycles. The molecule has 5 aliphatic carbocycles. The first-order valence-electron chi connectivity index (χ1n) is 13.3. The SMILES string of the molecule is CC(=O)OC1CCC2(C)C(CCC3C2CC(=O)C2(C)C3CC(C3CCCC3=O)C2C(C)=O)C1. The summed E-state index contributed by atoms with van der Waals surface area (Å²) in [5.41, 5.74) is -0.526. The Hall–Kier alpha value is -1.52. The van der Waals surface area contributed by atoms with E-state index in [1.54, 1.807) is 6.92 Å². The van der Waals surface area contributed by atoms with Gasteiger partial charge in [-0.05, 0) is 93.3 Å². The number of carbonyl (C=O) groups is 4. The standard InChI is InChI=1S/C28H40O5/c1-15(29)26-21(19-6-5-7-24(19)31)13-23-20-9-8-17-12-18(33-16(2)30)10-11-27(17,3)22(20)14-25(32)28(23,26)4/h17-23,26H,5-14H2,1-4H3. The Bertz CT molecular complexity index is 878. The van der Waals surface area contributed by atoms with Crippen LogP contribution in [0, 0.1) is 52.3 Å². The summed E-state index contributed by atoms with van der Waals surface area (Å²) >= 11 is 0. The number of hydrogen-bond donors (Lipinski definition) is 0. The van der Waals surface area contributed by atoms with E-state index in [2.05, 4.69) is 13.8 Å². The van der Waals surface area contributed by atoms with Gasteiger partial charge in [-0.25, -0.2) is 0 Å². The van der Waals surface area contributed by atoms with Crippen molar-refractivity contribution in [1.29, 1.82) is 0 Å². The molecule has 5 rings (SSSR count). The van der Waals surface area contributed by atoms with Crippen molar-refractivity contribution in [2.24, 2.45) is 52.3 Å². The Morgan fingerprint density at radius 3 is 2.33 bits per heavy atom. The fraction of sp³-hybridized carbons (Fsp3) is 0.857. The lowest BCUT2D eigenvalue weighted by Gasteiger charge is -2.60. The van der Waals surface area contributed by atoms with E-state index in [-0.39, 0.29) is 52.7 Å². The smallest absolute Gasteiger partial charge is 0.302 e. The lowest BCUT2D eigenvalue weighted by atomic mass is 9.44. The quantitative estimate of drug-likeness (QED) is 0.562. The molecule has 0 radical (unpaired) electrons. The van der Waals surface area contributed by atoms with Gasteiger partial charge in [0, 0.05) is 37.0 Å². The molecule has 0 aromatic rings. The lowest BCUT2D eigenvalue weighted by Crippen LogP contribution is -2.57. The van der Waals surface area contributed by atoms with Crippen molar-refractivity contribution in [2.45, 2.75) is 98.0 Å². The normalized spacial score (nSPS) is 49.2. The van der Waals surface area contributed by atoms with Gasteiger partial charge in [-0.3, -0.25) is 19.2 Å². The van der Waals surface area contributed by atoms with Crippen LogP contribution in [0.2, 0.25) is 0 Å². The highest BCUT2D eigenvalue weighted by Crippen LogP contribution is 2.68. The van der Waals surface area contributed by atoms with Gasteiger partial charge in [-0.15, -0.1) is 0 Å². The number of esters is 1. The fourth-order valence-corrected chi connectivity index (χ4v) is 9.79. The second-order valence-corrected chi connectivity index (χ2v) is 12.5. The lowest BCUT2D eigenvalue weighted by molar-refractivity contribution is -0.167. The first kappa shape index (κ1) is 23.2. The van der Waals surface area contributed by atoms with Crippen LogP contribution in [0.5, 0.6) is 0 Å². The van der Waals surface area contributed by atoms with Crippen molar-refractivity contribution in [2.75, 3.05) is 0 Å². The van der Waals surface area contributed by atoms with Crippen molar-refractivity contribution in [1.82, 2.24) is 0 Å². The highest BCUT2D eigenvalue weighted by molar-refractivity contribution is 5.94. The van der Waals surface area contributed by atoms with Gasteiger partial charge in [-0.1, -0.05) is 13.8 Å². The number of Topliss-reactive ketones (excluding diaryl/α,β-unsaturated/α-hetero) is 3. The highest BCUT2D eigenvalue weighted by atomic mass is 16.5. The molecular weight excluding hydrogens is 416 g/mol. The second-order valence-electron chi connectivity index (χ2n) is 12.5. The summed E-state index contributed by atoms with van der Waals surface area (Å²) in [6.07, 6.45) is 8.85. The molecule has 10 unspecified atom stereocenters. The Morgan fingerprint density at radius 2 is 1.70 bits per heavy atom. The predicted molar refractivity (Wildman–Crippen MR) is 123 cm³/mol. The van der Waals surface area contributed by atoms with Gasteiger partial charge in [0.2, 0.25) is 0 Å². The average molecular weight is 457 g/mol. The first-order chi connectivity index (χ1) is 15.6. The zero-order valence-electron chi connectivity index (χ0n) is 20.7. The molecule has 0 bridgehead atoms. The van der Waals surface area contributed by atoms with E-state index in [1.807, 2.05) is 0 Å². The van der Waals surface area contributed by atoms with Crippen molar-refractivity contribution in [3.63, 3.8) is 0 Å². The van der Waals surface area contributed by atoms with Crippen LogP contribution in [0.15, 0.2) is 0 Å². The largest absolute Gasteiger partial charge is 0.463 e. The maximum atomic E-state index is 13.9. The van der Waals surface area contributed by atoms with Crippen LogP contribution < -0.4 is 0 Å². The topological polar surface area (TPSA) is 77.5 Å². The third kappa shape index (κ3) is 3.38. The number of rotatable bonds is 3. The highest BCUT2D eigenvalue weighted by Gasteiger charge is 2.67. The predicted octanol–water partition coefficient (Wildman–Crippen LogP) is 4.94. The summed E-state index contributed by atoms with van der Waals surface area (Å²) in [5, 5.41) is 0. The van der Waals surface area contributed by atoms with Gasteiger partial charge in [0.15, 0.2) is 0 Å². The number of ketones is 3. The fourth-order valence-electron chi connectivity index (χ4n) is 9.79. The van der Waals surface area contributed by atoms with Gasteiger partial charge in [0.25, 0.3) is 0 Å². The molecular formula is C28H40O5. The minimum atomic E-state index is -0.612. The van der Waals surface area contributed by atoms with Gasteiger partial charge < -0.3 is 4.74 Å². The maximum Gasteiger partial charge on any atom is 0.302 e. The zero-order valence-corrected chi connectivity index (χ0v) is 20.7. The molecule has 0 spiro atoms. The van der Waals surface area contributed by atoms with E-state index in [9.17, 15) is 19.2 Å². The molecule has 0 amide bonds. The molecule has 10 atom stereocenters. The Kier molecular flexibility index (Phi) is 5.64. The van der Waals surface area contributed by atoms with Crippen molar-refractivity contribution < 1.29 is 23.9 Å². The molecule has 0 saturated heterocycles. The van der Waals surface area contributed by atoms with E-state index in [1.165, 1.54) is 6.92 Å². The van der Waals surface area contributed by atoms with Crippen LogP contribution in [-0.2, 0) is 23.9 Å². The van der Waals surface area contributed by atoms with E-state index in [0.29, 0.717) is 36.4 Å². The van der Waals surface area contributed by atoms with Crippen LogP contribution in [0.3, 0.4) is 0 Å². The summed E-state index contributed by atoms with van der Waals surface area (Å²) in [5.74, 6) is 1.68. The first-order valence-corrected chi connectivity index (χ1v) is 13.3. The minimum Gasteiger partial charge on any atom is -0.463 e. The molecule has 0 aromatic carbocycles. The average Bonchev–Trinajstić information content (AvgIpc) is 3.30. The summed E-state index contributed by atoms with van der Waals surface area (Å²) in [6, 6.07) is 0. The molecule has 5 aliphatic rings. The molecule has 0 aliphatic heterocycles. The van der Waals surface area contributed by atoms with Gasteiger partial charge >= 0.3 is 5.97 Å². The Morgan fingerprint density at radius 1 is 0.939 bits per heavy atom. The third-order valence-corrected chi connectivity index (χ3v) is 11.2. The third-order valence-electron chi connectivity index (χ3n) is 11.2. The van der Waals surface area contributed by atoms with Crippen molar-refractivity contribution in [3.8, 4) is 0 Å². The molecule has 0 aromatic heterocycles. The van der Waals surface area contributed by atoms with Crippen LogP contribution in [-0.4, -0.2) is 29.4 Å². The van der Waals surface area contributed by atoms with Crippen LogP contribution in [0.1, 0.15) is 91.9 Å². The van der Waals surface area contributed by atoms with E-state index in [4.69, 9.17) is 4.74 Å². The molecule has 0 N–H and O–H groups in total. The van der Waals surface area contributed by atoms with Gasteiger partial charge in [0.05, 0.1) is 0 Å². The summed E-state index contributed by atoms with van der Waals surface area (Å²) in [7, 11) is 0. The summed E-state index contributed by atoms with van der Waals surface area (Å²) in [6.45, 7) is 7.60. The van der Waals surface area contributed by atoms with Crippen LogP contribution in [0.4, 0.5) is 0 Å². The van der Waals surface area contributed by atoms with Crippen LogP contribution in [0.25, 0.3) is 0 Å². The number of hydrogen-bond acceptors (Lipinski definition) is 5. The molecule has 5 heteroatoms. The number of ether oxygens (including phenoxy) is 1. The monoisotopic (exact) mass is 456 g/mol. The molecule has 0 heterocycles. The maximum absolute atomic E-state index is 13.9. The Labute approximate surface area is 197 Å². The van der Waals surface area contributed by atoms with Crippen molar-refractivity contribution in [3.05, 3.63) is 0 Å². The molecule has 5 fully saturated rings. The molecule has 182 valence electrons. The van der Waals surface area contributed by atoms with Gasteiger partial charge in [-0.2, -0.15) is 0 Å². The summed E-state index contributed by atoms with van der Waals surface area (Å²) in [4.78, 5) is 51.2. The zero-order chi connectivity index (χ0) is 23.7. The van der Waals surface area contributed by atoms with E-state index in [0.717, 1.165) is 51.4 Å². The minimum absolute atomic E-state index is 0.00742. The van der Waals surface area contributed by atoms with Crippen LogP contribution >= 0.6 is 0 Å². The Balaban J connectivity index is 1.45. The summed E-state index contributed by atoms with van der Waals surface area (Å²) < 4.78 is 5.57. The molecule has 5 nitrogen and oxygen atoms in total. The number of carbonyl (C=O) groups excluding carboxylic acids is 4. The van der Waals surface area contributed by atoms with Gasteiger partial charge in [0.1, 0.15) is 23.5 Å². The number of fused-ring (bicyclic) bond motifs is 5. The van der Waals surface area contributed by atoms with E-state index >= 15 is 0 Å².